The molecule has 0 saturated carbocycles. The van der Waals surface area contributed by atoms with E-state index in [4.69, 9.17) is 16.4 Å². The first-order valence-electron chi connectivity index (χ1n) is 5.29. The Bertz CT molecular complexity index is 385. The van der Waals surface area contributed by atoms with Crippen molar-refractivity contribution in [2.24, 2.45) is 5.90 Å². The van der Waals surface area contributed by atoms with Gasteiger partial charge in [0.25, 0.3) is 0 Å². The van der Waals surface area contributed by atoms with E-state index in [1.54, 1.807) is 0 Å². The van der Waals surface area contributed by atoms with E-state index in [1.165, 1.54) is 18.2 Å². The zero-order valence-corrected chi connectivity index (χ0v) is 9.37. The quantitative estimate of drug-likeness (QED) is 0.261. The fraction of sp³-hybridized carbons (Fsp3) is 0.364. The molecule has 0 saturated heterocycles. The number of anilines is 1. The van der Waals surface area contributed by atoms with Crippen LogP contribution in [0.3, 0.4) is 0 Å². The summed E-state index contributed by atoms with van der Waals surface area (Å²) in [6, 6.07) is 3.95. The van der Waals surface area contributed by atoms with E-state index in [-0.39, 0.29) is 12.5 Å². The van der Waals surface area contributed by atoms with Gasteiger partial charge < -0.3 is 15.3 Å². The second-order valence-corrected chi connectivity index (χ2v) is 3.49. The van der Waals surface area contributed by atoms with Crippen molar-refractivity contribution >= 4 is 11.6 Å². The Morgan fingerprint density at radius 2 is 2.24 bits per heavy atom. The van der Waals surface area contributed by atoms with E-state index in [2.05, 4.69) is 10.2 Å². The first kappa shape index (κ1) is 13.4. The number of aliphatic hydroxyl groups excluding tert-OH is 1. The van der Waals surface area contributed by atoms with Crippen LogP contribution in [0.5, 0.6) is 0 Å². The maximum Gasteiger partial charge on any atom is 0.239 e. The summed E-state index contributed by atoms with van der Waals surface area (Å²) in [5.74, 6) is 4.28. The number of unbranched alkanes of at least 4 members (excludes halogenated alkanes) is 1. The summed E-state index contributed by atoms with van der Waals surface area (Å²) in [5.41, 5.74) is 0.858. The number of hydrogen-bond donors (Lipinski definition) is 4. The van der Waals surface area contributed by atoms with E-state index in [0.29, 0.717) is 24.2 Å². The third-order valence-corrected chi connectivity index (χ3v) is 2.24. The highest BCUT2D eigenvalue weighted by molar-refractivity contribution is 5.97. The van der Waals surface area contributed by atoms with Gasteiger partial charge in [-0.05, 0) is 31.0 Å². The van der Waals surface area contributed by atoms with Crippen molar-refractivity contribution in [3.63, 3.8) is 0 Å². The molecule has 0 aromatic heterocycles. The van der Waals surface area contributed by atoms with Crippen molar-refractivity contribution in [2.45, 2.75) is 12.8 Å². The summed E-state index contributed by atoms with van der Waals surface area (Å²) in [6.07, 6.45) is 1.42. The molecule has 0 radical (unpaired) electrons. The van der Waals surface area contributed by atoms with Crippen LogP contribution in [0.1, 0.15) is 18.4 Å². The Labute approximate surface area is 98.9 Å². The molecule has 0 unspecified atom stereocenters. The molecule has 0 spiro atoms. The maximum atomic E-state index is 13.1. The van der Waals surface area contributed by atoms with E-state index >= 15 is 0 Å². The van der Waals surface area contributed by atoms with E-state index < -0.39 is 5.82 Å². The Morgan fingerprint density at radius 3 is 2.88 bits per heavy atom. The summed E-state index contributed by atoms with van der Waals surface area (Å²) >= 11 is 0. The van der Waals surface area contributed by atoms with Crippen molar-refractivity contribution in [1.29, 1.82) is 5.41 Å². The lowest BCUT2D eigenvalue weighted by Gasteiger charge is -2.11. The summed E-state index contributed by atoms with van der Waals surface area (Å²) in [4.78, 5) is 4.33. The van der Waals surface area contributed by atoms with E-state index in [9.17, 15) is 4.39 Å². The lowest BCUT2D eigenvalue weighted by atomic mass is 10.1. The van der Waals surface area contributed by atoms with Crippen LogP contribution in [0, 0.1) is 11.2 Å². The van der Waals surface area contributed by atoms with Crippen LogP contribution in [0.15, 0.2) is 18.2 Å². The Morgan fingerprint density at radius 1 is 1.47 bits per heavy atom. The van der Waals surface area contributed by atoms with Gasteiger partial charge in [-0.15, -0.1) is 0 Å². The Kier molecular flexibility index (Phi) is 5.38. The van der Waals surface area contributed by atoms with E-state index in [0.717, 1.165) is 6.42 Å². The molecule has 6 heteroatoms. The predicted octanol–water partition coefficient (Wildman–Crippen LogP) is 1.23. The monoisotopic (exact) mass is 241 g/mol. The summed E-state index contributed by atoms with van der Waals surface area (Å²) in [7, 11) is 0. The average molecular weight is 241 g/mol. The molecule has 0 aliphatic rings. The van der Waals surface area contributed by atoms with Crippen LogP contribution >= 0.6 is 0 Å². The molecule has 0 fully saturated rings. The lowest BCUT2D eigenvalue weighted by Crippen LogP contribution is -2.14. The number of nitrogens with one attached hydrogen (secondary N) is 2. The zero-order valence-electron chi connectivity index (χ0n) is 9.37. The molecule has 0 heterocycles. The molecule has 0 amide bonds. The van der Waals surface area contributed by atoms with Crippen molar-refractivity contribution in [2.75, 3.05) is 18.5 Å². The minimum atomic E-state index is -0.400. The van der Waals surface area contributed by atoms with Crippen LogP contribution in [0.2, 0.25) is 0 Å². The second-order valence-electron chi connectivity index (χ2n) is 3.49. The smallest absolute Gasteiger partial charge is 0.239 e. The van der Waals surface area contributed by atoms with Gasteiger partial charge in [0.1, 0.15) is 5.82 Å². The van der Waals surface area contributed by atoms with Crippen LogP contribution < -0.4 is 11.2 Å². The van der Waals surface area contributed by atoms with Crippen molar-refractivity contribution in [3.05, 3.63) is 29.6 Å². The number of benzene rings is 1. The molecule has 0 aliphatic heterocycles. The standard InChI is InChI=1S/C11H16FN3O2/c12-8-3-4-9(11(13)17-14)10(7-8)15-5-1-2-6-16/h3-4,7,13,15-16H,1-2,5-6,14H2. The zero-order chi connectivity index (χ0) is 12.7. The van der Waals surface area contributed by atoms with Gasteiger partial charge >= 0.3 is 0 Å². The van der Waals surface area contributed by atoms with Gasteiger partial charge in [0.2, 0.25) is 5.90 Å². The largest absolute Gasteiger partial charge is 0.396 e. The SMILES string of the molecule is N=C(ON)c1ccc(F)cc1NCCCCO. The fourth-order valence-corrected chi connectivity index (χ4v) is 1.38. The van der Waals surface area contributed by atoms with Crippen LogP contribution in [-0.4, -0.2) is 24.2 Å². The predicted molar refractivity (Wildman–Crippen MR) is 63.3 cm³/mol. The Hall–Kier alpha value is -1.66. The second kappa shape index (κ2) is 6.82. The molecule has 1 aromatic carbocycles. The number of rotatable bonds is 6. The number of nitrogens with two attached hydrogens (primary N) is 1. The van der Waals surface area contributed by atoms with Gasteiger partial charge in [0, 0.05) is 18.8 Å². The van der Waals surface area contributed by atoms with Gasteiger partial charge in [0.15, 0.2) is 0 Å². The maximum absolute atomic E-state index is 13.1. The van der Waals surface area contributed by atoms with Gasteiger partial charge in [-0.1, -0.05) is 0 Å². The molecule has 0 atom stereocenters. The first-order chi connectivity index (χ1) is 8.19. The lowest BCUT2D eigenvalue weighted by molar-refractivity contribution is 0.286. The highest BCUT2D eigenvalue weighted by atomic mass is 19.1. The van der Waals surface area contributed by atoms with Gasteiger partial charge in [-0.25, -0.2) is 4.39 Å². The molecule has 1 aromatic rings. The third-order valence-electron chi connectivity index (χ3n) is 2.24. The van der Waals surface area contributed by atoms with Crippen LogP contribution in [0.25, 0.3) is 0 Å². The summed E-state index contributed by atoms with van der Waals surface area (Å²) < 4.78 is 13.1. The minimum absolute atomic E-state index is 0.124. The van der Waals surface area contributed by atoms with E-state index in [1.807, 2.05) is 0 Å². The minimum Gasteiger partial charge on any atom is -0.396 e. The van der Waals surface area contributed by atoms with Crippen LogP contribution in [0.4, 0.5) is 10.1 Å². The van der Waals surface area contributed by atoms with Crippen molar-refractivity contribution < 1.29 is 14.3 Å². The van der Waals surface area contributed by atoms with Gasteiger partial charge in [-0.3, -0.25) is 5.41 Å². The molecule has 5 nitrogen and oxygen atoms in total. The highest BCUT2D eigenvalue weighted by Gasteiger charge is 2.09. The fourth-order valence-electron chi connectivity index (χ4n) is 1.38. The third kappa shape index (κ3) is 4.01. The molecule has 5 N–H and O–H groups in total. The number of aliphatic hydroxyl groups is 1. The molecule has 17 heavy (non-hydrogen) atoms. The molecule has 1 rings (SSSR count). The van der Waals surface area contributed by atoms with Crippen LogP contribution in [-0.2, 0) is 4.84 Å². The Balaban J connectivity index is 2.73. The average Bonchev–Trinajstić information content (AvgIpc) is 2.34. The molecule has 0 aliphatic carbocycles. The van der Waals surface area contributed by atoms with Gasteiger partial charge in [-0.2, -0.15) is 5.90 Å². The molecular formula is C11H16FN3O2. The molecular weight excluding hydrogens is 225 g/mol. The highest BCUT2D eigenvalue weighted by Crippen LogP contribution is 2.18. The van der Waals surface area contributed by atoms with Crippen molar-refractivity contribution in [3.8, 4) is 0 Å². The molecule has 94 valence electrons. The molecule has 0 bridgehead atoms. The number of hydrogen-bond acceptors (Lipinski definition) is 5. The number of halogens is 1. The van der Waals surface area contributed by atoms with Gasteiger partial charge in [0.05, 0.1) is 5.56 Å². The summed E-state index contributed by atoms with van der Waals surface area (Å²) in [5, 5.41) is 19.1. The topological polar surface area (TPSA) is 91.4 Å². The normalized spacial score (nSPS) is 10.1. The first-order valence-corrected chi connectivity index (χ1v) is 5.29. The van der Waals surface area contributed by atoms with Crippen molar-refractivity contribution in [1.82, 2.24) is 0 Å². The summed E-state index contributed by atoms with van der Waals surface area (Å²) in [6.45, 7) is 0.703.